The number of rotatable bonds is 11. The molecule has 0 aromatic heterocycles. The monoisotopic (exact) mass is 522 g/mol. The highest BCUT2D eigenvalue weighted by Crippen LogP contribution is 2.41. The number of nitrogens with one attached hydrogen (secondary N) is 1. The molecule has 2 heterocycles. The number of carbonyl (C=O) groups is 2. The van der Waals surface area contributed by atoms with Crippen molar-refractivity contribution in [2.45, 2.75) is 70.6 Å². The van der Waals surface area contributed by atoms with Crippen LogP contribution in [0.3, 0.4) is 0 Å². The maximum absolute atomic E-state index is 13.7. The van der Waals surface area contributed by atoms with Gasteiger partial charge in [-0.15, -0.1) is 0 Å². The minimum Gasteiger partial charge on any atom is -0.482 e. The van der Waals surface area contributed by atoms with Crippen molar-refractivity contribution in [2.75, 3.05) is 24.6 Å². The molecule has 0 radical (unpaired) electrons. The molecular formula is C29H38N4O5. The van der Waals surface area contributed by atoms with E-state index in [2.05, 4.69) is 18.7 Å². The molecule has 1 amide bonds. The molecule has 1 fully saturated rings. The van der Waals surface area contributed by atoms with E-state index >= 15 is 0 Å². The number of unbranched alkanes of at least 4 members (excludes halogenated alkanes) is 2. The Morgan fingerprint density at radius 3 is 2.55 bits per heavy atom. The van der Waals surface area contributed by atoms with Crippen molar-refractivity contribution < 1.29 is 24.2 Å². The Balaban J connectivity index is 1.49. The molecule has 9 heteroatoms. The maximum atomic E-state index is 13.7. The molecule has 4 rings (SSSR count). The van der Waals surface area contributed by atoms with Crippen LogP contribution in [-0.4, -0.2) is 59.5 Å². The van der Waals surface area contributed by atoms with Crippen molar-refractivity contribution in [3.8, 4) is 11.5 Å². The lowest BCUT2D eigenvalue weighted by Gasteiger charge is -2.39. The zero-order valence-electron chi connectivity index (χ0n) is 22.2. The first-order valence-electron chi connectivity index (χ1n) is 13.4. The Morgan fingerprint density at radius 1 is 1.11 bits per heavy atom. The second-order valence-corrected chi connectivity index (χ2v) is 10.3. The molecule has 1 unspecified atom stereocenters. The highest BCUT2D eigenvalue weighted by atomic mass is 16.5. The van der Waals surface area contributed by atoms with Gasteiger partial charge in [0.05, 0.1) is 5.69 Å². The van der Waals surface area contributed by atoms with E-state index < -0.39 is 18.7 Å². The van der Waals surface area contributed by atoms with Gasteiger partial charge < -0.3 is 25.2 Å². The molecule has 9 nitrogen and oxygen atoms in total. The highest BCUT2D eigenvalue weighted by molar-refractivity contribution is 6.01. The van der Waals surface area contributed by atoms with Crippen molar-refractivity contribution in [3.05, 3.63) is 53.6 Å². The smallest absolute Gasteiger partial charge is 0.341 e. The molecule has 38 heavy (non-hydrogen) atoms. The van der Waals surface area contributed by atoms with Crippen LogP contribution in [0.1, 0.15) is 69.6 Å². The minimum atomic E-state index is -1.07. The fourth-order valence-corrected chi connectivity index (χ4v) is 5.45. The summed E-state index contributed by atoms with van der Waals surface area (Å²) in [7, 11) is 0. The Bertz CT molecular complexity index is 1160. The molecule has 2 aromatic rings. The number of anilines is 1. The van der Waals surface area contributed by atoms with Crippen LogP contribution in [0.4, 0.5) is 5.69 Å². The van der Waals surface area contributed by atoms with Gasteiger partial charge in [0, 0.05) is 35.8 Å². The van der Waals surface area contributed by atoms with E-state index in [1.165, 1.54) is 19.3 Å². The van der Waals surface area contributed by atoms with E-state index in [0.29, 0.717) is 46.9 Å². The number of ether oxygens (including phenoxy) is 2. The molecule has 0 aliphatic carbocycles. The first-order valence-corrected chi connectivity index (χ1v) is 13.4. The van der Waals surface area contributed by atoms with Crippen molar-refractivity contribution in [1.29, 1.82) is 5.41 Å². The number of hydrogen-bond acceptors (Lipinski definition) is 6. The van der Waals surface area contributed by atoms with Gasteiger partial charge in [0.25, 0.3) is 5.91 Å². The number of nitrogen functional groups attached to an aromatic ring is 1. The molecule has 1 saturated heterocycles. The number of piperidine rings is 1. The van der Waals surface area contributed by atoms with E-state index in [0.717, 1.165) is 25.8 Å². The van der Waals surface area contributed by atoms with E-state index in [-0.39, 0.29) is 11.7 Å². The van der Waals surface area contributed by atoms with Gasteiger partial charge in [0.15, 0.2) is 6.61 Å². The lowest BCUT2D eigenvalue weighted by molar-refractivity contribution is -0.139. The van der Waals surface area contributed by atoms with Crippen LogP contribution in [0.25, 0.3) is 0 Å². The van der Waals surface area contributed by atoms with Crippen LogP contribution in [0, 0.1) is 5.41 Å². The Hall–Kier alpha value is -3.59. The number of carboxylic acids is 1. The second-order valence-electron chi connectivity index (χ2n) is 10.3. The van der Waals surface area contributed by atoms with Gasteiger partial charge in [-0.2, -0.15) is 0 Å². The molecule has 3 atom stereocenters. The van der Waals surface area contributed by atoms with E-state index in [1.54, 1.807) is 47.4 Å². The number of aliphatic carboxylic acids is 1. The number of carboxylic acid groups (broad SMARTS) is 1. The molecule has 2 aliphatic rings. The Kier molecular flexibility index (Phi) is 8.89. The van der Waals surface area contributed by atoms with Gasteiger partial charge in [-0.1, -0.05) is 31.0 Å². The summed E-state index contributed by atoms with van der Waals surface area (Å²) in [5.41, 5.74) is 7.38. The van der Waals surface area contributed by atoms with Crippen LogP contribution in [0.5, 0.6) is 11.5 Å². The number of benzene rings is 2. The van der Waals surface area contributed by atoms with Crippen LogP contribution in [0.15, 0.2) is 42.5 Å². The molecule has 4 N–H and O–H groups in total. The van der Waals surface area contributed by atoms with Crippen molar-refractivity contribution in [3.63, 3.8) is 0 Å². The number of hydrogen-bond donors (Lipinski definition) is 3. The molecule has 2 aromatic carbocycles. The number of nitrogens with zero attached hydrogens (tertiary/aromatic N) is 2. The number of fused-ring (bicyclic) bond motifs is 1. The molecule has 2 aliphatic heterocycles. The number of carbonyl (C=O) groups excluding carboxylic acids is 1. The van der Waals surface area contributed by atoms with Gasteiger partial charge in [0.2, 0.25) is 6.10 Å². The van der Waals surface area contributed by atoms with E-state index in [1.807, 2.05) is 0 Å². The predicted octanol–water partition coefficient (Wildman–Crippen LogP) is 4.33. The molecule has 0 spiro atoms. The van der Waals surface area contributed by atoms with Crippen LogP contribution in [0.2, 0.25) is 0 Å². The third kappa shape index (κ3) is 6.45. The van der Waals surface area contributed by atoms with Crippen LogP contribution >= 0.6 is 0 Å². The standard InChI is InChI=1S/C29H38N4O5/c1-19-8-6-9-20(2)32(19)14-4-3-5-15-33-24-17-23(37-18-26(34)35)12-13-25(24)38-27(29(33)36)21-10-7-11-22(16-21)28(30)31/h7,10-13,16-17,19-20,27H,3-6,8-9,14-15,18H2,1-2H3,(H3,30,31)(H,34,35)/t19-,20+,27?. The topological polar surface area (TPSA) is 129 Å². The van der Waals surface area contributed by atoms with Crippen molar-refractivity contribution in [1.82, 2.24) is 4.90 Å². The zero-order valence-corrected chi connectivity index (χ0v) is 22.2. The number of amides is 1. The number of likely N-dealkylation sites (tertiary alicyclic amines) is 1. The minimum absolute atomic E-state index is 0.0788. The maximum Gasteiger partial charge on any atom is 0.341 e. The Morgan fingerprint density at radius 2 is 1.84 bits per heavy atom. The van der Waals surface area contributed by atoms with Crippen molar-refractivity contribution in [2.24, 2.45) is 5.73 Å². The molecular weight excluding hydrogens is 484 g/mol. The van der Waals surface area contributed by atoms with Crippen LogP contribution in [-0.2, 0) is 9.59 Å². The lowest BCUT2D eigenvalue weighted by atomic mass is 9.97. The Labute approximate surface area is 224 Å². The summed E-state index contributed by atoms with van der Waals surface area (Å²) >= 11 is 0. The van der Waals surface area contributed by atoms with Crippen molar-refractivity contribution >= 4 is 23.4 Å². The largest absolute Gasteiger partial charge is 0.482 e. The fourth-order valence-electron chi connectivity index (χ4n) is 5.45. The molecule has 0 bridgehead atoms. The number of amidine groups is 1. The summed E-state index contributed by atoms with van der Waals surface area (Å²) in [6, 6.07) is 13.2. The lowest BCUT2D eigenvalue weighted by Crippen LogP contribution is -2.44. The van der Waals surface area contributed by atoms with Crippen LogP contribution < -0.4 is 20.1 Å². The zero-order chi connectivity index (χ0) is 27.2. The van der Waals surface area contributed by atoms with Gasteiger partial charge in [0.1, 0.15) is 17.3 Å². The molecule has 0 saturated carbocycles. The SMILES string of the molecule is C[C@@H]1CCC[C@H](C)N1CCCCCN1C(=O)C(c2cccc(C(=N)N)c2)Oc2ccc(OCC(=O)O)cc21. The fraction of sp³-hybridized carbons (Fsp3) is 0.483. The normalized spacial score (nSPS) is 21.5. The molecule has 204 valence electrons. The summed E-state index contributed by atoms with van der Waals surface area (Å²) < 4.78 is 11.5. The average Bonchev–Trinajstić information content (AvgIpc) is 2.89. The van der Waals surface area contributed by atoms with Gasteiger partial charge in [-0.3, -0.25) is 15.1 Å². The third-order valence-electron chi connectivity index (χ3n) is 7.49. The quantitative estimate of drug-likeness (QED) is 0.227. The van der Waals surface area contributed by atoms with Gasteiger partial charge >= 0.3 is 5.97 Å². The summed E-state index contributed by atoms with van der Waals surface area (Å²) in [5.74, 6) is -0.495. The summed E-state index contributed by atoms with van der Waals surface area (Å²) in [6.07, 6.45) is 5.79. The number of nitrogens with two attached hydrogens (primary N) is 1. The van der Waals surface area contributed by atoms with Gasteiger partial charge in [-0.05, 0) is 64.3 Å². The summed E-state index contributed by atoms with van der Waals surface area (Å²) in [6.45, 7) is 5.71. The first-order chi connectivity index (χ1) is 18.2. The summed E-state index contributed by atoms with van der Waals surface area (Å²) in [4.78, 5) is 29.0. The van der Waals surface area contributed by atoms with Gasteiger partial charge in [-0.25, -0.2) is 4.79 Å². The third-order valence-corrected chi connectivity index (χ3v) is 7.49. The highest BCUT2D eigenvalue weighted by Gasteiger charge is 2.36. The average molecular weight is 523 g/mol. The first kappa shape index (κ1) is 27.4. The predicted molar refractivity (Wildman–Crippen MR) is 146 cm³/mol. The van der Waals surface area contributed by atoms with E-state index in [4.69, 9.17) is 25.7 Å². The summed E-state index contributed by atoms with van der Waals surface area (Å²) in [5, 5.41) is 16.7. The second kappa shape index (κ2) is 12.3. The van der Waals surface area contributed by atoms with E-state index in [9.17, 15) is 9.59 Å².